The first-order valence-electron chi connectivity index (χ1n) is 14.3. The summed E-state index contributed by atoms with van der Waals surface area (Å²) in [5.74, 6) is 1.63. The lowest BCUT2D eigenvalue weighted by molar-refractivity contribution is -0.257. The van der Waals surface area contributed by atoms with Gasteiger partial charge in [-0.25, -0.2) is 0 Å². The Morgan fingerprint density at radius 2 is 1.41 bits per heavy atom. The molecule has 4 aliphatic carbocycles. The van der Waals surface area contributed by atoms with Crippen LogP contribution in [0.3, 0.4) is 0 Å². The summed E-state index contributed by atoms with van der Waals surface area (Å²) in [5.41, 5.74) is -0.766. The number of ether oxygens (including phenoxy) is 1. The summed E-state index contributed by atoms with van der Waals surface area (Å²) in [6, 6.07) is 0. The second-order valence-corrected chi connectivity index (χ2v) is 15.5. The molecule has 4 heteroatoms. The van der Waals surface area contributed by atoms with E-state index in [0.717, 1.165) is 51.4 Å². The zero-order valence-corrected chi connectivity index (χ0v) is 23.2. The predicted octanol–water partition coefficient (Wildman–Crippen LogP) is 5.71. The van der Waals surface area contributed by atoms with Crippen LogP contribution in [0.5, 0.6) is 0 Å². The molecule has 1 saturated heterocycles. The van der Waals surface area contributed by atoms with E-state index in [9.17, 15) is 15.3 Å². The van der Waals surface area contributed by atoms with Crippen LogP contribution in [0.15, 0.2) is 0 Å². The molecule has 1 aliphatic heterocycles. The Labute approximate surface area is 208 Å². The lowest BCUT2D eigenvalue weighted by Gasteiger charge is -2.70. The van der Waals surface area contributed by atoms with Gasteiger partial charge in [0.2, 0.25) is 0 Å². The van der Waals surface area contributed by atoms with Crippen LogP contribution >= 0.6 is 0 Å². The molecule has 4 nitrogen and oxygen atoms in total. The lowest BCUT2D eigenvalue weighted by Crippen LogP contribution is -2.67. The molecule has 0 unspecified atom stereocenters. The van der Waals surface area contributed by atoms with Gasteiger partial charge in [0, 0.05) is 0 Å². The molecule has 5 rings (SSSR count). The third-order valence-corrected chi connectivity index (χ3v) is 13.2. The average Bonchev–Trinajstić information content (AvgIpc) is 3.27. The van der Waals surface area contributed by atoms with Crippen molar-refractivity contribution in [3.63, 3.8) is 0 Å². The zero-order valence-electron chi connectivity index (χ0n) is 23.2. The van der Waals surface area contributed by atoms with Gasteiger partial charge in [-0.2, -0.15) is 0 Å². The molecule has 0 aromatic heterocycles. The molecule has 5 fully saturated rings. The molecule has 0 bridgehead atoms. The molecule has 196 valence electrons. The summed E-state index contributed by atoms with van der Waals surface area (Å²) in [6.07, 6.45) is 8.71. The standard InChI is InChI=1S/C30H52O4/c1-25(2)21-10-15-29(7)24(27(21,5)13-11-22(25)32)20(31)17-19-18(9-14-28(19,29)6)30(8)16-12-23(34-30)26(3,4)33/h18-24,31-33H,9-17H2,1-8H3/t18-,19+,20+,21-,22+,23+,24+,27-,28+,29+,30-/m0/s1. The van der Waals surface area contributed by atoms with Crippen molar-refractivity contribution in [2.45, 2.75) is 143 Å². The molecule has 3 N–H and O–H groups in total. The number of hydrogen-bond donors (Lipinski definition) is 3. The summed E-state index contributed by atoms with van der Waals surface area (Å²) < 4.78 is 6.68. The molecule has 34 heavy (non-hydrogen) atoms. The van der Waals surface area contributed by atoms with Crippen molar-refractivity contribution in [3.05, 3.63) is 0 Å². The average molecular weight is 477 g/mol. The van der Waals surface area contributed by atoms with Gasteiger partial charge in [-0.1, -0.05) is 34.6 Å². The Morgan fingerprint density at radius 3 is 2.03 bits per heavy atom. The highest BCUT2D eigenvalue weighted by Crippen LogP contribution is 2.76. The zero-order chi connectivity index (χ0) is 25.1. The summed E-state index contributed by atoms with van der Waals surface area (Å²) in [5, 5.41) is 33.5. The van der Waals surface area contributed by atoms with Gasteiger partial charge >= 0.3 is 0 Å². The van der Waals surface area contributed by atoms with E-state index < -0.39 is 5.60 Å². The molecule has 4 saturated carbocycles. The molecule has 11 atom stereocenters. The van der Waals surface area contributed by atoms with Crippen LogP contribution in [0.4, 0.5) is 0 Å². The fourth-order valence-corrected chi connectivity index (χ4v) is 11.2. The first kappa shape index (κ1) is 25.5. The maximum atomic E-state index is 12.0. The van der Waals surface area contributed by atoms with Crippen LogP contribution < -0.4 is 0 Å². The Morgan fingerprint density at radius 1 is 0.765 bits per heavy atom. The van der Waals surface area contributed by atoms with Crippen LogP contribution in [-0.4, -0.2) is 44.8 Å². The maximum absolute atomic E-state index is 12.0. The summed E-state index contributed by atoms with van der Waals surface area (Å²) in [7, 11) is 0. The molecule has 5 aliphatic rings. The summed E-state index contributed by atoms with van der Waals surface area (Å²) in [4.78, 5) is 0. The molecule has 0 aromatic carbocycles. The molecular weight excluding hydrogens is 424 g/mol. The minimum absolute atomic E-state index is 0.0704. The Hall–Kier alpha value is -0.160. The van der Waals surface area contributed by atoms with Gasteiger partial charge in [0.15, 0.2) is 0 Å². The number of hydrogen-bond acceptors (Lipinski definition) is 4. The fourth-order valence-electron chi connectivity index (χ4n) is 11.2. The SMILES string of the molecule is CC(C)(O)[C@H]1CC[C@@](C)([C@H]2CC[C@]3(C)[C@@H]2C[C@@H](O)[C@@H]2[C@@]4(C)CC[C@@H](O)C(C)(C)[C@@H]4CC[C@]23C)O1. The number of rotatable bonds is 2. The van der Waals surface area contributed by atoms with E-state index in [2.05, 4.69) is 41.5 Å². The minimum atomic E-state index is -0.811. The molecular formula is C30H52O4. The minimum Gasteiger partial charge on any atom is -0.393 e. The second-order valence-electron chi connectivity index (χ2n) is 15.5. The highest BCUT2D eigenvalue weighted by atomic mass is 16.5. The van der Waals surface area contributed by atoms with Crippen molar-refractivity contribution in [2.75, 3.05) is 0 Å². The van der Waals surface area contributed by atoms with E-state index in [1.54, 1.807) is 0 Å². The van der Waals surface area contributed by atoms with E-state index in [1.807, 2.05) is 13.8 Å². The highest BCUT2D eigenvalue weighted by Gasteiger charge is 2.72. The monoisotopic (exact) mass is 476 g/mol. The van der Waals surface area contributed by atoms with E-state index in [1.165, 1.54) is 6.42 Å². The lowest BCUT2D eigenvalue weighted by atomic mass is 9.35. The molecule has 1 heterocycles. The number of aliphatic hydroxyl groups is 3. The molecule has 0 aromatic rings. The maximum Gasteiger partial charge on any atom is 0.0865 e. The first-order chi connectivity index (χ1) is 15.5. The van der Waals surface area contributed by atoms with Gasteiger partial charge in [-0.15, -0.1) is 0 Å². The van der Waals surface area contributed by atoms with E-state index in [0.29, 0.717) is 17.8 Å². The van der Waals surface area contributed by atoms with Crippen molar-refractivity contribution in [1.29, 1.82) is 0 Å². The van der Waals surface area contributed by atoms with Crippen molar-refractivity contribution in [3.8, 4) is 0 Å². The molecule has 0 radical (unpaired) electrons. The quantitative estimate of drug-likeness (QED) is 0.477. The smallest absolute Gasteiger partial charge is 0.0865 e. The largest absolute Gasteiger partial charge is 0.393 e. The second kappa shape index (κ2) is 7.45. The van der Waals surface area contributed by atoms with Gasteiger partial charge in [0.25, 0.3) is 0 Å². The van der Waals surface area contributed by atoms with Gasteiger partial charge < -0.3 is 20.1 Å². The third kappa shape index (κ3) is 3.16. The number of aliphatic hydroxyl groups excluding tert-OH is 2. The van der Waals surface area contributed by atoms with Crippen molar-refractivity contribution < 1.29 is 20.1 Å². The Balaban J connectivity index is 1.48. The molecule has 0 spiro atoms. The fraction of sp³-hybridized carbons (Fsp3) is 1.00. The molecule has 0 amide bonds. The predicted molar refractivity (Wildman–Crippen MR) is 135 cm³/mol. The third-order valence-electron chi connectivity index (χ3n) is 13.2. The number of fused-ring (bicyclic) bond motifs is 5. The van der Waals surface area contributed by atoms with Crippen LogP contribution in [0, 0.1) is 45.3 Å². The van der Waals surface area contributed by atoms with E-state index >= 15 is 0 Å². The van der Waals surface area contributed by atoms with Crippen LogP contribution in [0.1, 0.15) is 113 Å². The van der Waals surface area contributed by atoms with Crippen LogP contribution in [0.25, 0.3) is 0 Å². The first-order valence-corrected chi connectivity index (χ1v) is 14.3. The van der Waals surface area contributed by atoms with Crippen LogP contribution in [0.2, 0.25) is 0 Å². The summed E-state index contributed by atoms with van der Waals surface area (Å²) >= 11 is 0. The highest BCUT2D eigenvalue weighted by molar-refractivity contribution is 5.20. The van der Waals surface area contributed by atoms with Crippen molar-refractivity contribution in [1.82, 2.24) is 0 Å². The van der Waals surface area contributed by atoms with Gasteiger partial charge in [0.1, 0.15) is 0 Å². The van der Waals surface area contributed by atoms with E-state index in [-0.39, 0.29) is 51.5 Å². The van der Waals surface area contributed by atoms with Crippen molar-refractivity contribution in [2.24, 2.45) is 45.3 Å². The van der Waals surface area contributed by atoms with E-state index in [4.69, 9.17) is 4.74 Å². The van der Waals surface area contributed by atoms with Crippen molar-refractivity contribution >= 4 is 0 Å². The Kier molecular flexibility index (Phi) is 5.59. The summed E-state index contributed by atoms with van der Waals surface area (Å²) in [6.45, 7) is 18.1. The topological polar surface area (TPSA) is 69.9 Å². The Bertz CT molecular complexity index is 817. The van der Waals surface area contributed by atoms with Gasteiger partial charge in [0.05, 0.1) is 29.5 Å². The van der Waals surface area contributed by atoms with Crippen LogP contribution in [-0.2, 0) is 4.74 Å². The normalized spacial score (nSPS) is 57.1. The van der Waals surface area contributed by atoms with Gasteiger partial charge in [-0.3, -0.25) is 0 Å². The van der Waals surface area contributed by atoms with Gasteiger partial charge in [-0.05, 0) is 124 Å².